The maximum Gasteiger partial charge on any atom is 0.0463 e. The Hall–Kier alpha value is -0.560. The third-order valence-corrected chi connectivity index (χ3v) is 9.13. The predicted molar refractivity (Wildman–Crippen MR) is 236 cm³/mol. The predicted octanol–water partition coefficient (Wildman–Crippen LogP) is 18.9. The maximum atomic E-state index is 5.13. The van der Waals surface area contributed by atoms with E-state index in [0.29, 0.717) is 0 Å². The molecule has 0 amide bonds. The number of unbranched alkanes of at least 4 members (excludes halogenated alkanes) is 28. The molecule has 0 aromatic carbocycles. The second-order valence-corrected chi connectivity index (χ2v) is 14.8. The number of allylic oxidation sites excluding steroid dienone is 4. The number of hydrogen-bond acceptors (Lipinski definition) is 1. The maximum absolute atomic E-state index is 5.13. The Kier molecular flexibility index (Phi) is 71.3. The van der Waals surface area contributed by atoms with Gasteiger partial charge in [-0.15, -0.1) is 0 Å². The topological polar surface area (TPSA) is 9.23 Å². The molecule has 0 N–H and O–H groups in total. The van der Waals surface area contributed by atoms with Crippen molar-refractivity contribution in [2.24, 2.45) is 0 Å². The molecule has 0 aliphatic rings. The van der Waals surface area contributed by atoms with Crippen LogP contribution in [0.3, 0.4) is 0 Å². The van der Waals surface area contributed by atoms with Crippen LogP contribution in [0.5, 0.6) is 0 Å². The van der Waals surface area contributed by atoms with E-state index in [-0.39, 0.29) is 0 Å². The first-order valence-electron chi connectivity index (χ1n) is 23.5. The van der Waals surface area contributed by atoms with Crippen LogP contribution in [0.2, 0.25) is 0 Å². The Labute approximate surface area is 321 Å². The Balaban J connectivity index is -0.000000320. The molecule has 0 heterocycles. The summed E-state index contributed by atoms with van der Waals surface area (Å²) in [7, 11) is 0. The van der Waals surface area contributed by atoms with Crippen LogP contribution in [0.4, 0.5) is 0 Å². The first-order chi connectivity index (χ1) is 24.7. The van der Waals surface area contributed by atoms with Gasteiger partial charge in [-0.05, 0) is 64.2 Å². The summed E-state index contributed by atoms with van der Waals surface area (Å²) in [5.41, 5.74) is 0. The van der Waals surface area contributed by atoms with E-state index in [2.05, 4.69) is 79.7 Å². The van der Waals surface area contributed by atoms with Gasteiger partial charge in [-0.25, -0.2) is 0 Å². The van der Waals surface area contributed by atoms with Crippen molar-refractivity contribution in [1.29, 1.82) is 0 Å². The highest BCUT2D eigenvalue weighted by atomic mass is 16.5. The van der Waals surface area contributed by atoms with E-state index in [9.17, 15) is 0 Å². The van der Waals surface area contributed by atoms with Crippen LogP contribution in [0.15, 0.2) is 24.3 Å². The molecular weight excluding hydrogens is 605 g/mol. The largest absolute Gasteiger partial charge is 0.381 e. The molecule has 0 atom stereocenters. The van der Waals surface area contributed by atoms with Crippen LogP contribution in [-0.4, -0.2) is 13.2 Å². The summed E-state index contributed by atoms with van der Waals surface area (Å²) >= 11 is 0. The first-order valence-corrected chi connectivity index (χ1v) is 23.5. The Morgan fingerprint density at radius 1 is 0.220 bits per heavy atom. The molecule has 0 aromatic rings. The van der Waals surface area contributed by atoms with Crippen molar-refractivity contribution in [2.75, 3.05) is 13.2 Å². The van der Waals surface area contributed by atoms with E-state index in [4.69, 9.17) is 4.74 Å². The lowest BCUT2D eigenvalue weighted by Gasteiger charge is -1.99. The summed E-state index contributed by atoms with van der Waals surface area (Å²) < 4.78 is 5.13. The normalized spacial score (nSPS) is 10.9. The van der Waals surface area contributed by atoms with Gasteiger partial charge in [-0.2, -0.15) is 0 Å². The van der Waals surface area contributed by atoms with Gasteiger partial charge in [0.05, 0.1) is 0 Å². The summed E-state index contributed by atoms with van der Waals surface area (Å²) in [4.78, 5) is 0. The van der Waals surface area contributed by atoms with Gasteiger partial charge in [0.25, 0.3) is 0 Å². The van der Waals surface area contributed by atoms with Crippen LogP contribution in [0.25, 0.3) is 0 Å². The van der Waals surface area contributed by atoms with Crippen LogP contribution < -0.4 is 0 Å². The van der Waals surface area contributed by atoms with Gasteiger partial charge < -0.3 is 4.74 Å². The SMILES string of the molecule is CCCCC.CCCCCCCC/C=C\CCCCCCCCC.CCCCCCCC/C=C\CCCCCCCCC.CCCOCCC. The molecule has 0 spiro atoms. The molecule has 50 heavy (non-hydrogen) atoms. The molecule has 1 nitrogen and oxygen atoms in total. The van der Waals surface area contributed by atoms with Crippen molar-refractivity contribution in [3.8, 4) is 0 Å². The second-order valence-electron chi connectivity index (χ2n) is 14.8. The zero-order valence-corrected chi connectivity index (χ0v) is 36.9. The second kappa shape index (κ2) is 63.5. The third-order valence-electron chi connectivity index (χ3n) is 9.13. The lowest BCUT2D eigenvalue weighted by Crippen LogP contribution is -1.92. The fraction of sp³-hybridized carbons (Fsp3) is 0.918. The summed E-state index contributed by atoms with van der Waals surface area (Å²) in [5.74, 6) is 0. The molecule has 1 heteroatoms. The van der Waals surface area contributed by atoms with Crippen molar-refractivity contribution in [2.45, 2.75) is 280 Å². The van der Waals surface area contributed by atoms with Crippen LogP contribution in [0, 0.1) is 0 Å². The highest BCUT2D eigenvalue weighted by Crippen LogP contribution is 2.12. The lowest BCUT2D eigenvalue weighted by atomic mass is 10.1. The standard InChI is InChI=1S/2C19H38.C6H14O.C5H12/c2*1-3-5-7-9-11-13-15-17-19-18-16-14-12-10-8-6-4-2;1-3-5-7-6-4-2;1-3-5-4-2/h2*17,19H,3-16,18H2,1-2H3;3-6H2,1-2H3;3-5H2,1-2H3/b2*19-17-;;. The smallest absolute Gasteiger partial charge is 0.0463 e. The van der Waals surface area contributed by atoms with E-state index >= 15 is 0 Å². The van der Waals surface area contributed by atoms with Crippen molar-refractivity contribution in [1.82, 2.24) is 0 Å². The summed E-state index contributed by atoms with van der Waals surface area (Å²) in [5, 5.41) is 0. The van der Waals surface area contributed by atoms with E-state index in [1.807, 2.05) is 0 Å². The quantitative estimate of drug-likeness (QED) is 0.0465. The highest BCUT2D eigenvalue weighted by Gasteiger charge is 1.92. The Bertz CT molecular complexity index is 489. The molecule has 0 unspecified atom stereocenters. The zero-order chi connectivity index (χ0) is 37.7. The van der Waals surface area contributed by atoms with E-state index in [0.717, 1.165) is 26.1 Å². The lowest BCUT2D eigenvalue weighted by molar-refractivity contribution is 0.135. The highest BCUT2D eigenvalue weighted by molar-refractivity contribution is 4.82. The minimum atomic E-state index is 0.924. The van der Waals surface area contributed by atoms with Gasteiger partial charge in [0.1, 0.15) is 0 Å². The summed E-state index contributed by atoms with van der Waals surface area (Å²) in [6.07, 6.45) is 58.2. The molecule has 304 valence electrons. The molecule has 0 saturated heterocycles. The number of hydrogen-bond donors (Lipinski definition) is 0. The van der Waals surface area contributed by atoms with E-state index in [1.165, 1.54) is 212 Å². The Morgan fingerprint density at radius 3 is 0.600 bits per heavy atom. The van der Waals surface area contributed by atoms with Gasteiger partial charge in [0.15, 0.2) is 0 Å². The molecule has 0 aromatic heterocycles. The van der Waals surface area contributed by atoms with E-state index in [1.54, 1.807) is 0 Å². The molecule has 0 saturated carbocycles. The molecule has 0 rings (SSSR count). The average Bonchev–Trinajstić information content (AvgIpc) is 3.13. The average molecular weight is 707 g/mol. The zero-order valence-electron chi connectivity index (χ0n) is 36.9. The van der Waals surface area contributed by atoms with Gasteiger partial charge in [0.2, 0.25) is 0 Å². The van der Waals surface area contributed by atoms with Gasteiger partial charge in [-0.1, -0.05) is 240 Å². The van der Waals surface area contributed by atoms with Gasteiger partial charge in [-0.3, -0.25) is 0 Å². The summed E-state index contributed by atoms with van der Waals surface area (Å²) in [6.45, 7) is 19.7. The van der Waals surface area contributed by atoms with E-state index < -0.39 is 0 Å². The Morgan fingerprint density at radius 2 is 0.420 bits per heavy atom. The number of rotatable bonds is 36. The van der Waals surface area contributed by atoms with Crippen molar-refractivity contribution in [3.05, 3.63) is 24.3 Å². The molecule has 0 radical (unpaired) electrons. The summed E-state index contributed by atoms with van der Waals surface area (Å²) in [6, 6.07) is 0. The molecule has 0 aliphatic carbocycles. The van der Waals surface area contributed by atoms with Gasteiger partial charge in [0, 0.05) is 13.2 Å². The molecular formula is C49H102O. The number of ether oxygens (including phenoxy) is 1. The molecule has 0 bridgehead atoms. The minimum absolute atomic E-state index is 0.924. The molecule has 0 fully saturated rings. The van der Waals surface area contributed by atoms with Crippen LogP contribution >= 0.6 is 0 Å². The van der Waals surface area contributed by atoms with Crippen molar-refractivity contribution < 1.29 is 4.74 Å². The molecule has 0 aliphatic heterocycles. The fourth-order valence-corrected chi connectivity index (χ4v) is 5.74. The van der Waals surface area contributed by atoms with Gasteiger partial charge >= 0.3 is 0 Å². The van der Waals surface area contributed by atoms with Crippen LogP contribution in [-0.2, 0) is 4.74 Å². The third kappa shape index (κ3) is 73.0. The first kappa shape index (κ1) is 56.2. The minimum Gasteiger partial charge on any atom is -0.381 e. The van der Waals surface area contributed by atoms with Crippen molar-refractivity contribution in [3.63, 3.8) is 0 Å². The monoisotopic (exact) mass is 707 g/mol. The van der Waals surface area contributed by atoms with Crippen molar-refractivity contribution >= 4 is 0 Å². The van der Waals surface area contributed by atoms with Crippen LogP contribution in [0.1, 0.15) is 280 Å². The fourth-order valence-electron chi connectivity index (χ4n) is 5.74.